The highest BCUT2D eigenvalue weighted by Gasteiger charge is 2.20. The van der Waals surface area contributed by atoms with E-state index in [1.807, 2.05) is 74.8 Å². The van der Waals surface area contributed by atoms with Gasteiger partial charge in [0.1, 0.15) is 5.65 Å². The quantitative estimate of drug-likeness (QED) is 0.536. The lowest BCUT2D eigenvalue weighted by Crippen LogP contribution is -2.14. The van der Waals surface area contributed by atoms with Gasteiger partial charge in [-0.2, -0.15) is 8.42 Å². The highest BCUT2D eigenvalue weighted by Crippen LogP contribution is 2.27. The van der Waals surface area contributed by atoms with Crippen molar-refractivity contribution in [2.75, 3.05) is 4.72 Å². The molecule has 0 radical (unpaired) electrons. The minimum Gasteiger partial charge on any atom is -0.334 e. The van der Waals surface area contributed by atoms with Gasteiger partial charge < -0.3 is 8.97 Å². The van der Waals surface area contributed by atoms with Crippen LogP contribution in [0, 0.1) is 13.8 Å². The van der Waals surface area contributed by atoms with Crippen LogP contribution in [0.4, 0.5) is 5.69 Å². The molecule has 0 saturated heterocycles. The van der Waals surface area contributed by atoms with Crippen molar-refractivity contribution in [3.8, 4) is 11.3 Å². The fourth-order valence-electron chi connectivity index (χ4n) is 3.12. The van der Waals surface area contributed by atoms with Crippen LogP contribution in [0.15, 0.2) is 60.3 Å². The molecule has 0 aliphatic heterocycles. The van der Waals surface area contributed by atoms with Crippen molar-refractivity contribution in [2.24, 2.45) is 0 Å². The summed E-state index contributed by atoms with van der Waals surface area (Å²) >= 11 is 0. The van der Waals surface area contributed by atoms with Crippen LogP contribution in [0.5, 0.6) is 0 Å². The van der Waals surface area contributed by atoms with Crippen molar-refractivity contribution >= 4 is 21.4 Å². The molecule has 0 aliphatic carbocycles. The van der Waals surface area contributed by atoms with Gasteiger partial charge in [-0.1, -0.05) is 18.2 Å². The Kier molecular flexibility index (Phi) is 4.66. The fraction of sp³-hybridized carbons (Fsp3) is 0.238. The lowest BCUT2D eigenvalue weighted by molar-refractivity contribution is 0.591. The minimum absolute atomic E-state index is 0.000594. The van der Waals surface area contributed by atoms with E-state index in [0.29, 0.717) is 5.69 Å². The van der Waals surface area contributed by atoms with Crippen LogP contribution in [-0.2, 0) is 10.0 Å². The van der Waals surface area contributed by atoms with Gasteiger partial charge in [-0.25, -0.2) is 9.97 Å². The number of nitrogens with zero attached hydrogens (tertiary/aromatic N) is 4. The van der Waals surface area contributed by atoms with Crippen LogP contribution in [0.2, 0.25) is 0 Å². The molecule has 29 heavy (non-hydrogen) atoms. The number of hydrogen-bond donors (Lipinski definition) is 1. The summed E-state index contributed by atoms with van der Waals surface area (Å²) < 4.78 is 32.0. The van der Waals surface area contributed by atoms with Gasteiger partial charge in [0, 0.05) is 30.2 Å². The summed E-state index contributed by atoms with van der Waals surface area (Å²) in [6.07, 6.45) is 6.95. The van der Waals surface area contributed by atoms with Crippen molar-refractivity contribution in [2.45, 2.75) is 38.8 Å². The Bertz CT molecular complexity index is 1300. The number of aromatic nitrogens is 4. The molecule has 8 heteroatoms. The summed E-state index contributed by atoms with van der Waals surface area (Å²) in [6.45, 7) is 7.81. The molecule has 0 saturated carbocycles. The molecule has 0 aliphatic rings. The number of rotatable bonds is 5. The SMILES string of the molecule is Cc1ccc(-c2cn3cccc(C)c3n2)cc1NS(=O)(=O)c1cn(C(C)C)cn1. The van der Waals surface area contributed by atoms with Gasteiger partial charge in [0.15, 0.2) is 5.03 Å². The lowest BCUT2D eigenvalue weighted by Gasteiger charge is -2.10. The molecule has 0 unspecified atom stereocenters. The van der Waals surface area contributed by atoms with E-state index in [1.54, 1.807) is 4.57 Å². The van der Waals surface area contributed by atoms with E-state index in [1.165, 1.54) is 12.5 Å². The predicted molar refractivity (Wildman–Crippen MR) is 114 cm³/mol. The smallest absolute Gasteiger partial charge is 0.280 e. The Hall–Kier alpha value is -3.13. The number of pyridine rings is 1. The molecule has 0 atom stereocenters. The van der Waals surface area contributed by atoms with Crippen molar-refractivity contribution in [1.29, 1.82) is 0 Å². The van der Waals surface area contributed by atoms with E-state index >= 15 is 0 Å². The van der Waals surface area contributed by atoms with Crippen molar-refractivity contribution < 1.29 is 8.42 Å². The molecule has 150 valence electrons. The molecule has 1 N–H and O–H groups in total. The number of fused-ring (bicyclic) bond motifs is 1. The zero-order valence-corrected chi connectivity index (χ0v) is 17.6. The normalized spacial score (nSPS) is 12.0. The second kappa shape index (κ2) is 7.04. The summed E-state index contributed by atoms with van der Waals surface area (Å²) in [6, 6.07) is 9.75. The van der Waals surface area contributed by atoms with E-state index in [2.05, 4.69) is 9.71 Å². The average Bonchev–Trinajstić information content (AvgIpc) is 3.31. The van der Waals surface area contributed by atoms with Crippen LogP contribution in [-0.4, -0.2) is 27.4 Å². The first-order valence-corrected chi connectivity index (χ1v) is 10.8. The summed E-state index contributed by atoms with van der Waals surface area (Å²) in [4.78, 5) is 8.75. The molecule has 1 aromatic carbocycles. The van der Waals surface area contributed by atoms with Crippen molar-refractivity contribution in [3.63, 3.8) is 0 Å². The van der Waals surface area contributed by atoms with E-state index in [4.69, 9.17) is 4.98 Å². The molecule has 0 bridgehead atoms. The molecule has 3 aromatic heterocycles. The van der Waals surface area contributed by atoms with Gasteiger partial charge in [-0.15, -0.1) is 0 Å². The maximum absolute atomic E-state index is 12.8. The Morgan fingerprint density at radius 1 is 1.07 bits per heavy atom. The summed E-state index contributed by atoms with van der Waals surface area (Å²) in [5.41, 5.74) is 4.90. The van der Waals surface area contributed by atoms with E-state index in [0.717, 1.165) is 28.0 Å². The Balaban J connectivity index is 1.70. The summed E-state index contributed by atoms with van der Waals surface area (Å²) in [5.74, 6) is 0. The maximum Gasteiger partial charge on any atom is 0.280 e. The first kappa shape index (κ1) is 19.2. The third-order valence-electron chi connectivity index (χ3n) is 4.90. The van der Waals surface area contributed by atoms with Crippen molar-refractivity contribution in [1.82, 2.24) is 18.9 Å². The molecule has 4 aromatic rings. The van der Waals surface area contributed by atoms with Gasteiger partial charge in [-0.3, -0.25) is 4.72 Å². The number of anilines is 1. The summed E-state index contributed by atoms with van der Waals surface area (Å²) in [7, 11) is -3.79. The van der Waals surface area contributed by atoms with E-state index in [9.17, 15) is 8.42 Å². The topological polar surface area (TPSA) is 81.3 Å². The van der Waals surface area contributed by atoms with Crippen molar-refractivity contribution in [3.05, 3.63) is 66.4 Å². The minimum atomic E-state index is -3.79. The lowest BCUT2D eigenvalue weighted by atomic mass is 10.1. The maximum atomic E-state index is 12.8. The zero-order chi connectivity index (χ0) is 20.8. The molecule has 3 heterocycles. The Morgan fingerprint density at radius 3 is 2.55 bits per heavy atom. The second-order valence-corrected chi connectivity index (χ2v) is 9.07. The molecule has 7 nitrogen and oxygen atoms in total. The van der Waals surface area contributed by atoms with Crippen LogP contribution < -0.4 is 4.72 Å². The van der Waals surface area contributed by atoms with E-state index < -0.39 is 10.0 Å². The molecular formula is C21H23N5O2S. The number of hydrogen-bond acceptors (Lipinski definition) is 4. The number of nitrogens with one attached hydrogen (secondary N) is 1. The third kappa shape index (κ3) is 3.63. The van der Waals surface area contributed by atoms with Gasteiger partial charge in [0.05, 0.1) is 17.7 Å². The molecule has 4 rings (SSSR count). The number of aryl methyl sites for hydroxylation is 2. The number of sulfonamides is 1. The number of imidazole rings is 2. The molecule has 0 amide bonds. The molecular weight excluding hydrogens is 386 g/mol. The van der Waals surface area contributed by atoms with Crippen LogP contribution in [0.25, 0.3) is 16.9 Å². The first-order chi connectivity index (χ1) is 13.7. The van der Waals surface area contributed by atoms with Gasteiger partial charge >= 0.3 is 0 Å². The number of benzene rings is 1. The largest absolute Gasteiger partial charge is 0.334 e. The highest BCUT2D eigenvalue weighted by molar-refractivity contribution is 7.92. The average molecular weight is 410 g/mol. The second-order valence-electron chi connectivity index (χ2n) is 7.44. The summed E-state index contributed by atoms with van der Waals surface area (Å²) in [5, 5.41) is -0.000594. The van der Waals surface area contributed by atoms with Crippen LogP contribution in [0.3, 0.4) is 0 Å². The Labute approximate surface area is 170 Å². The standard InChI is InChI=1S/C21H23N5O2S/c1-14(2)26-12-20(22-13-26)29(27,28)24-18-10-17(8-7-15(18)3)19-11-25-9-5-6-16(4)21(25)23-19/h5-14,24H,1-4H3. The Morgan fingerprint density at radius 2 is 1.86 bits per heavy atom. The highest BCUT2D eigenvalue weighted by atomic mass is 32.2. The predicted octanol–water partition coefficient (Wildman–Crippen LogP) is 4.20. The fourth-order valence-corrected chi connectivity index (χ4v) is 4.18. The zero-order valence-electron chi connectivity index (χ0n) is 16.8. The van der Waals surface area contributed by atoms with Crippen LogP contribution >= 0.6 is 0 Å². The monoisotopic (exact) mass is 409 g/mol. The van der Waals surface area contributed by atoms with E-state index in [-0.39, 0.29) is 11.1 Å². The first-order valence-electron chi connectivity index (χ1n) is 9.36. The van der Waals surface area contributed by atoms with Gasteiger partial charge in [-0.05, 0) is 51.0 Å². The van der Waals surface area contributed by atoms with Crippen LogP contribution in [0.1, 0.15) is 31.0 Å². The van der Waals surface area contributed by atoms with Gasteiger partial charge in [0.25, 0.3) is 10.0 Å². The molecule has 0 fully saturated rings. The molecule has 0 spiro atoms. The third-order valence-corrected chi connectivity index (χ3v) is 6.16. The van der Waals surface area contributed by atoms with Gasteiger partial charge in [0.2, 0.25) is 0 Å².